The number of benzene rings is 1. The number of hydrogen-bond donors (Lipinski definition) is 1. The number of nitrogens with one attached hydrogen (secondary N) is 1. The minimum atomic E-state index is -0.120. The quantitative estimate of drug-likeness (QED) is 0.672. The Kier molecular flexibility index (Phi) is 1.90. The molecule has 0 fully saturated rings. The first-order chi connectivity index (χ1) is 7.84. The predicted octanol–water partition coefficient (Wildman–Crippen LogP) is 2.79. The van der Waals surface area contributed by atoms with Gasteiger partial charge in [0.2, 0.25) is 0 Å². The average Bonchev–Trinajstić information content (AvgIpc) is 2.79. The van der Waals surface area contributed by atoms with Crippen LogP contribution in [0.15, 0.2) is 57.9 Å². The lowest BCUT2D eigenvalue weighted by Crippen LogP contribution is -2.05. The minimum Gasteiger partial charge on any atom is -0.464 e. The Bertz CT molecular complexity index is 680. The van der Waals surface area contributed by atoms with E-state index in [0.29, 0.717) is 11.0 Å². The van der Waals surface area contributed by atoms with Crippen molar-refractivity contribution >= 4 is 11.0 Å². The fourth-order valence-electron chi connectivity index (χ4n) is 1.75. The lowest BCUT2D eigenvalue weighted by molar-refractivity contribution is 0.615. The van der Waals surface area contributed by atoms with Crippen LogP contribution < -0.4 is 5.56 Å². The SMILES string of the molecule is O=c1[nH]c(-c2ccccc2)cc2occc12. The molecule has 3 heteroatoms. The third kappa shape index (κ3) is 1.34. The normalized spacial score (nSPS) is 10.8. The molecule has 1 N–H and O–H groups in total. The van der Waals surface area contributed by atoms with Gasteiger partial charge in [-0.15, -0.1) is 0 Å². The second kappa shape index (κ2) is 3.38. The first kappa shape index (κ1) is 8.97. The standard InChI is InChI=1S/C13H9NO2/c15-13-10-6-7-16-12(10)8-11(14-13)9-4-2-1-3-5-9/h1-8H,(H,14,15). The van der Waals surface area contributed by atoms with E-state index >= 15 is 0 Å². The molecule has 0 radical (unpaired) electrons. The summed E-state index contributed by atoms with van der Waals surface area (Å²) in [5, 5.41) is 0.583. The van der Waals surface area contributed by atoms with Gasteiger partial charge in [0, 0.05) is 6.07 Å². The Labute approximate surface area is 91.3 Å². The molecule has 0 aliphatic heterocycles. The topological polar surface area (TPSA) is 46.0 Å². The Morgan fingerprint density at radius 2 is 1.88 bits per heavy atom. The zero-order valence-electron chi connectivity index (χ0n) is 8.44. The zero-order valence-corrected chi connectivity index (χ0v) is 8.44. The number of H-pyrrole nitrogens is 1. The number of furan rings is 1. The van der Waals surface area contributed by atoms with Crippen LogP contribution in [0.5, 0.6) is 0 Å². The molecule has 0 saturated heterocycles. The summed E-state index contributed by atoms with van der Waals surface area (Å²) in [6, 6.07) is 13.2. The molecule has 0 bridgehead atoms. The van der Waals surface area contributed by atoms with Gasteiger partial charge in [-0.05, 0) is 11.6 Å². The van der Waals surface area contributed by atoms with Gasteiger partial charge in [-0.3, -0.25) is 4.79 Å². The third-order valence-corrected chi connectivity index (χ3v) is 2.55. The van der Waals surface area contributed by atoms with Crippen LogP contribution in [0.2, 0.25) is 0 Å². The highest BCUT2D eigenvalue weighted by Crippen LogP contribution is 2.19. The molecule has 78 valence electrons. The average molecular weight is 211 g/mol. The highest BCUT2D eigenvalue weighted by molar-refractivity contribution is 5.80. The Morgan fingerprint density at radius 3 is 2.69 bits per heavy atom. The van der Waals surface area contributed by atoms with E-state index in [1.807, 2.05) is 36.4 Å². The number of rotatable bonds is 1. The summed E-state index contributed by atoms with van der Waals surface area (Å²) in [5.74, 6) is 0. The number of aromatic nitrogens is 1. The predicted molar refractivity (Wildman–Crippen MR) is 62.3 cm³/mol. The van der Waals surface area contributed by atoms with Crippen LogP contribution in [0.4, 0.5) is 0 Å². The third-order valence-electron chi connectivity index (χ3n) is 2.55. The summed E-state index contributed by atoms with van der Waals surface area (Å²) in [7, 11) is 0. The Morgan fingerprint density at radius 1 is 1.06 bits per heavy atom. The van der Waals surface area contributed by atoms with Crippen LogP contribution in [-0.2, 0) is 0 Å². The van der Waals surface area contributed by atoms with Gasteiger partial charge in [-0.2, -0.15) is 0 Å². The highest BCUT2D eigenvalue weighted by Gasteiger charge is 2.05. The number of hydrogen-bond acceptors (Lipinski definition) is 2. The largest absolute Gasteiger partial charge is 0.464 e. The summed E-state index contributed by atoms with van der Waals surface area (Å²) in [6.07, 6.45) is 1.52. The van der Waals surface area contributed by atoms with Gasteiger partial charge in [0.05, 0.1) is 17.3 Å². The van der Waals surface area contributed by atoms with Gasteiger partial charge in [-0.25, -0.2) is 0 Å². The minimum absolute atomic E-state index is 0.120. The van der Waals surface area contributed by atoms with Crippen LogP contribution in [0, 0.1) is 0 Å². The molecule has 2 aromatic heterocycles. The molecule has 0 unspecified atom stereocenters. The highest BCUT2D eigenvalue weighted by atomic mass is 16.3. The van der Waals surface area contributed by atoms with Crippen molar-refractivity contribution in [2.45, 2.75) is 0 Å². The van der Waals surface area contributed by atoms with E-state index in [1.165, 1.54) is 6.26 Å². The number of aromatic amines is 1. The van der Waals surface area contributed by atoms with Crippen molar-refractivity contribution < 1.29 is 4.42 Å². The van der Waals surface area contributed by atoms with Gasteiger partial charge in [0.1, 0.15) is 5.58 Å². The number of pyridine rings is 1. The molecular weight excluding hydrogens is 202 g/mol. The fourth-order valence-corrected chi connectivity index (χ4v) is 1.75. The van der Waals surface area contributed by atoms with E-state index < -0.39 is 0 Å². The molecule has 0 aliphatic rings. The molecule has 3 aromatic rings. The molecular formula is C13H9NO2. The summed E-state index contributed by atoms with van der Waals surface area (Å²) in [6.45, 7) is 0. The van der Waals surface area contributed by atoms with E-state index in [9.17, 15) is 4.79 Å². The molecule has 1 aromatic carbocycles. The van der Waals surface area contributed by atoms with Crippen LogP contribution >= 0.6 is 0 Å². The summed E-state index contributed by atoms with van der Waals surface area (Å²) in [5.41, 5.74) is 2.23. The maximum Gasteiger partial charge on any atom is 0.259 e. The maximum absolute atomic E-state index is 11.7. The Balaban J connectivity index is 2.30. The van der Waals surface area contributed by atoms with Gasteiger partial charge < -0.3 is 9.40 Å². The van der Waals surface area contributed by atoms with Crippen molar-refractivity contribution in [3.63, 3.8) is 0 Å². The zero-order chi connectivity index (χ0) is 11.0. The molecule has 3 rings (SSSR count). The van der Waals surface area contributed by atoms with E-state index in [-0.39, 0.29) is 5.56 Å². The summed E-state index contributed by atoms with van der Waals surface area (Å²) in [4.78, 5) is 14.6. The van der Waals surface area contributed by atoms with Crippen molar-refractivity contribution in [3.05, 3.63) is 59.1 Å². The van der Waals surface area contributed by atoms with E-state index in [4.69, 9.17) is 4.42 Å². The molecule has 0 amide bonds. The van der Waals surface area contributed by atoms with Gasteiger partial charge in [-0.1, -0.05) is 30.3 Å². The molecule has 0 atom stereocenters. The molecule has 0 aliphatic carbocycles. The smallest absolute Gasteiger partial charge is 0.259 e. The van der Waals surface area contributed by atoms with E-state index in [2.05, 4.69) is 4.98 Å². The molecule has 0 spiro atoms. The number of fused-ring (bicyclic) bond motifs is 1. The monoisotopic (exact) mass is 211 g/mol. The molecule has 3 nitrogen and oxygen atoms in total. The first-order valence-corrected chi connectivity index (χ1v) is 5.00. The summed E-state index contributed by atoms with van der Waals surface area (Å²) < 4.78 is 5.24. The van der Waals surface area contributed by atoms with Crippen molar-refractivity contribution in [3.8, 4) is 11.3 Å². The van der Waals surface area contributed by atoms with Crippen molar-refractivity contribution in [1.82, 2.24) is 4.98 Å². The second-order valence-electron chi connectivity index (χ2n) is 3.58. The summed E-state index contributed by atoms with van der Waals surface area (Å²) >= 11 is 0. The van der Waals surface area contributed by atoms with E-state index in [0.717, 1.165) is 11.3 Å². The van der Waals surface area contributed by atoms with Crippen molar-refractivity contribution in [1.29, 1.82) is 0 Å². The van der Waals surface area contributed by atoms with Gasteiger partial charge in [0.25, 0.3) is 5.56 Å². The van der Waals surface area contributed by atoms with Gasteiger partial charge >= 0.3 is 0 Å². The van der Waals surface area contributed by atoms with Crippen LogP contribution in [0.1, 0.15) is 0 Å². The second-order valence-corrected chi connectivity index (χ2v) is 3.58. The lowest BCUT2D eigenvalue weighted by Gasteiger charge is -2.00. The molecule has 0 saturated carbocycles. The van der Waals surface area contributed by atoms with Crippen molar-refractivity contribution in [2.75, 3.05) is 0 Å². The van der Waals surface area contributed by atoms with Crippen LogP contribution in [0.3, 0.4) is 0 Å². The lowest BCUT2D eigenvalue weighted by atomic mass is 10.1. The maximum atomic E-state index is 11.7. The molecule has 16 heavy (non-hydrogen) atoms. The van der Waals surface area contributed by atoms with Crippen LogP contribution in [0.25, 0.3) is 22.2 Å². The Hall–Kier alpha value is -2.29. The van der Waals surface area contributed by atoms with E-state index in [1.54, 1.807) is 6.07 Å². The molecule has 2 heterocycles. The fraction of sp³-hybridized carbons (Fsp3) is 0. The van der Waals surface area contributed by atoms with Gasteiger partial charge in [0.15, 0.2) is 0 Å². The first-order valence-electron chi connectivity index (χ1n) is 5.00. The van der Waals surface area contributed by atoms with Crippen LogP contribution in [-0.4, -0.2) is 4.98 Å². The van der Waals surface area contributed by atoms with Crippen molar-refractivity contribution in [2.24, 2.45) is 0 Å².